The summed E-state index contributed by atoms with van der Waals surface area (Å²) in [4.78, 5) is 0. The Kier molecular flexibility index (Phi) is 4.00. The second-order valence-electron chi connectivity index (χ2n) is 5.37. The number of hydrogen-bond donors (Lipinski definition) is 1. The molecule has 0 amide bonds. The van der Waals surface area contributed by atoms with Gasteiger partial charge < -0.3 is 5.11 Å². The third kappa shape index (κ3) is 2.68. The van der Waals surface area contributed by atoms with E-state index in [-0.39, 0.29) is 6.61 Å². The van der Waals surface area contributed by atoms with E-state index in [4.69, 9.17) is 0 Å². The highest BCUT2D eigenvalue weighted by molar-refractivity contribution is 5.45. The van der Waals surface area contributed by atoms with E-state index in [9.17, 15) is 5.11 Å². The molecule has 19 heavy (non-hydrogen) atoms. The third-order valence-corrected chi connectivity index (χ3v) is 3.40. The average molecular weight is 259 g/mol. The van der Waals surface area contributed by atoms with Crippen LogP contribution in [0.15, 0.2) is 18.2 Å². The summed E-state index contributed by atoms with van der Waals surface area (Å²) in [5.41, 5.74) is 5.15. The zero-order valence-corrected chi connectivity index (χ0v) is 12.0. The molecule has 0 atom stereocenters. The number of hydrogen-bond acceptors (Lipinski definition) is 3. The second kappa shape index (κ2) is 5.53. The fourth-order valence-electron chi connectivity index (χ4n) is 2.21. The maximum Gasteiger partial charge on any atom is 0.112 e. The summed E-state index contributed by atoms with van der Waals surface area (Å²) in [7, 11) is 0. The fourth-order valence-corrected chi connectivity index (χ4v) is 2.21. The average Bonchev–Trinajstić information content (AvgIpc) is 2.75. The molecular formula is C15H21N3O. The van der Waals surface area contributed by atoms with Crippen LogP contribution in [0, 0.1) is 19.8 Å². The van der Waals surface area contributed by atoms with Crippen molar-refractivity contribution >= 4 is 0 Å². The summed E-state index contributed by atoms with van der Waals surface area (Å²) in [5, 5.41) is 17.7. The maximum atomic E-state index is 9.40. The van der Waals surface area contributed by atoms with Crippen molar-refractivity contribution in [2.75, 3.05) is 0 Å². The van der Waals surface area contributed by atoms with Gasteiger partial charge in [-0.25, -0.2) is 4.68 Å². The van der Waals surface area contributed by atoms with E-state index < -0.39 is 0 Å². The number of rotatable bonds is 4. The Morgan fingerprint density at radius 3 is 2.63 bits per heavy atom. The SMILES string of the molecule is Cc1cccc(-n2nnc(CO)c2CC(C)C)c1C. The van der Waals surface area contributed by atoms with Crippen LogP contribution in [0.1, 0.15) is 36.4 Å². The predicted molar refractivity (Wildman–Crippen MR) is 75.3 cm³/mol. The molecule has 0 bridgehead atoms. The Morgan fingerprint density at radius 2 is 2.00 bits per heavy atom. The van der Waals surface area contributed by atoms with Crippen LogP contribution in [0.2, 0.25) is 0 Å². The van der Waals surface area contributed by atoms with E-state index in [2.05, 4.69) is 44.1 Å². The molecule has 0 saturated carbocycles. The van der Waals surface area contributed by atoms with Crippen LogP contribution in [-0.2, 0) is 13.0 Å². The molecule has 0 unspecified atom stereocenters. The van der Waals surface area contributed by atoms with Crippen molar-refractivity contribution < 1.29 is 5.11 Å². The number of aliphatic hydroxyl groups is 1. The molecular weight excluding hydrogens is 238 g/mol. The summed E-state index contributed by atoms with van der Waals surface area (Å²) in [6.45, 7) is 8.42. The van der Waals surface area contributed by atoms with Gasteiger partial charge in [0.25, 0.3) is 0 Å². The van der Waals surface area contributed by atoms with Gasteiger partial charge in [0, 0.05) is 0 Å². The largest absolute Gasteiger partial charge is 0.390 e. The van der Waals surface area contributed by atoms with Crippen LogP contribution in [0.4, 0.5) is 0 Å². The summed E-state index contributed by atoms with van der Waals surface area (Å²) in [6, 6.07) is 6.16. The van der Waals surface area contributed by atoms with Crippen LogP contribution in [0.25, 0.3) is 5.69 Å². The molecule has 0 aliphatic rings. The van der Waals surface area contributed by atoms with E-state index >= 15 is 0 Å². The normalized spacial score (nSPS) is 11.3. The molecule has 2 aromatic rings. The Balaban J connectivity index is 2.55. The third-order valence-electron chi connectivity index (χ3n) is 3.40. The minimum atomic E-state index is -0.0626. The number of nitrogens with zero attached hydrogens (tertiary/aromatic N) is 3. The van der Waals surface area contributed by atoms with E-state index in [1.165, 1.54) is 11.1 Å². The highest BCUT2D eigenvalue weighted by atomic mass is 16.3. The highest BCUT2D eigenvalue weighted by Gasteiger charge is 2.16. The van der Waals surface area contributed by atoms with Crippen LogP contribution in [0.5, 0.6) is 0 Å². The number of aromatic nitrogens is 3. The monoisotopic (exact) mass is 259 g/mol. The summed E-state index contributed by atoms with van der Waals surface area (Å²) in [6.07, 6.45) is 0.857. The van der Waals surface area contributed by atoms with Crippen molar-refractivity contribution in [3.63, 3.8) is 0 Å². The lowest BCUT2D eigenvalue weighted by atomic mass is 10.0. The maximum absolute atomic E-state index is 9.40. The first-order valence-electron chi connectivity index (χ1n) is 6.65. The molecule has 0 saturated heterocycles. The first kappa shape index (κ1) is 13.7. The quantitative estimate of drug-likeness (QED) is 0.918. The van der Waals surface area contributed by atoms with E-state index in [0.29, 0.717) is 11.6 Å². The van der Waals surface area contributed by atoms with Gasteiger partial charge in [-0.3, -0.25) is 0 Å². The van der Waals surface area contributed by atoms with Gasteiger partial charge in [-0.2, -0.15) is 0 Å². The molecule has 102 valence electrons. The van der Waals surface area contributed by atoms with Gasteiger partial charge in [0.15, 0.2) is 0 Å². The second-order valence-corrected chi connectivity index (χ2v) is 5.37. The minimum absolute atomic E-state index is 0.0626. The van der Waals surface area contributed by atoms with Crippen molar-refractivity contribution in [1.82, 2.24) is 15.0 Å². The Morgan fingerprint density at radius 1 is 1.26 bits per heavy atom. The van der Waals surface area contributed by atoms with Crippen molar-refractivity contribution in [3.05, 3.63) is 40.7 Å². The number of aryl methyl sites for hydroxylation is 1. The van der Waals surface area contributed by atoms with E-state index in [1.807, 2.05) is 16.8 Å². The molecule has 1 aromatic heterocycles. The van der Waals surface area contributed by atoms with E-state index in [0.717, 1.165) is 17.8 Å². The van der Waals surface area contributed by atoms with Crippen molar-refractivity contribution in [3.8, 4) is 5.69 Å². The number of aliphatic hydroxyl groups excluding tert-OH is 1. The lowest BCUT2D eigenvalue weighted by Gasteiger charge is -2.13. The Bertz CT molecular complexity index is 573. The first-order valence-corrected chi connectivity index (χ1v) is 6.65. The molecule has 0 aliphatic carbocycles. The van der Waals surface area contributed by atoms with Crippen LogP contribution < -0.4 is 0 Å². The molecule has 4 nitrogen and oxygen atoms in total. The van der Waals surface area contributed by atoms with Gasteiger partial charge in [0.05, 0.1) is 18.0 Å². The van der Waals surface area contributed by atoms with Gasteiger partial charge in [-0.1, -0.05) is 31.2 Å². The Labute approximate surface area is 114 Å². The van der Waals surface area contributed by atoms with Crippen LogP contribution in [-0.4, -0.2) is 20.1 Å². The van der Waals surface area contributed by atoms with Gasteiger partial charge >= 0.3 is 0 Å². The van der Waals surface area contributed by atoms with Gasteiger partial charge in [0.1, 0.15) is 5.69 Å². The fraction of sp³-hybridized carbons (Fsp3) is 0.467. The topological polar surface area (TPSA) is 50.9 Å². The number of benzene rings is 1. The molecule has 1 N–H and O–H groups in total. The van der Waals surface area contributed by atoms with Gasteiger partial charge in [-0.05, 0) is 43.4 Å². The van der Waals surface area contributed by atoms with Crippen molar-refractivity contribution in [1.29, 1.82) is 0 Å². The molecule has 1 heterocycles. The summed E-state index contributed by atoms with van der Waals surface area (Å²) < 4.78 is 1.87. The summed E-state index contributed by atoms with van der Waals surface area (Å²) >= 11 is 0. The van der Waals surface area contributed by atoms with Gasteiger partial charge in [0.2, 0.25) is 0 Å². The smallest absolute Gasteiger partial charge is 0.112 e. The molecule has 0 aliphatic heterocycles. The van der Waals surface area contributed by atoms with E-state index in [1.54, 1.807) is 0 Å². The molecule has 1 aromatic carbocycles. The predicted octanol–water partition coefficient (Wildman–Crippen LogP) is 2.57. The standard InChI is InChI=1S/C15H21N3O/c1-10(2)8-15-13(9-19)16-17-18(15)14-7-5-6-11(3)12(14)4/h5-7,10,19H,8-9H2,1-4H3. The lowest BCUT2D eigenvalue weighted by molar-refractivity contribution is 0.275. The van der Waals surface area contributed by atoms with Crippen molar-refractivity contribution in [2.24, 2.45) is 5.92 Å². The lowest BCUT2D eigenvalue weighted by Crippen LogP contribution is -2.09. The summed E-state index contributed by atoms with van der Waals surface area (Å²) in [5.74, 6) is 0.493. The van der Waals surface area contributed by atoms with Crippen molar-refractivity contribution in [2.45, 2.75) is 40.7 Å². The molecule has 2 rings (SSSR count). The zero-order chi connectivity index (χ0) is 14.0. The highest BCUT2D eigenvalue weighted by Crippen LogP contribution is 2.21. The van der Waals surface area contributed by atoms with Crippen LogP contribution in [0.3, 0.4) is 0 Å². The molecule has 4 heteroatoms. The first-order chi connectivity index (χ1) is 9.04. The van der Waals surface area contributed by atoms with Crippen LogP contribution >= 0.6 is 0 Å². The molecule has 0 spiro atoms. The molecule has 0 fully saturated rings. The Hall–Kier alpha value is -1.68. The minimum Gasteiger partial charge on any atom is -0.390 e. The molecule has 0 radical (unpaired) electrons. The van der Waals surface area contributed by atoms with Gasteiger partial charge in [-0.15, -0.1) is 5.10 Å². The zero-order valence-electron chi connectivity index (χ0n) is 12.0.